The van der Waals surface area contributed by atoms with E-state index in [1.54, 1.807) is 6.92 Å². The van der Waals surface area contributed by atoms with Gasteiger partial charge < -0.3 is 15.2 Å². The molecule has 0 spiro atoms. The molecule has 0 aromatic carbocycles. The van der Waals surface area contributed by atoms with Gasteiger partial charge >= 0.3 is 6.18 Å². The molecule has 8 nitrogen and oxygen atoms in total. The van der Waals surface area contributed by atoms with Gasteiger partial charge in [-0.3, -0.25) is 19.2 Å². The third-order valence-corrected chi connectivity index (χ3v) is 5.89. The van der Waals surface area contributed by atoms with Crippen LogP contribution in [0.3, 0.4) is 0 Å². The first-order valence-corrected chi connectivity index (χ1v) is 8.84. The summed E-state index contributed by atoms with van der Waals surface area (Å²) in [6.45, 7) is 1.54. The van der Waals surface area contributed by atoms with E-state index in [-0.39, 0.29) is 5.70 Å². The largest absolute Gasteiger partial charge is 0.543 e. The van der Waals surface area contributed by atoms with Gasteiger partial charge in [-0.1, -0.05) is 11.6 Å². The molecule has 13 heteroatoms. The van der Waals surface area contributed by atoms with Crippen LogP contribution in [0, 0.1) is 0 Å². The number of amides is 2. The number of hydrogen-bond donors (Lipinski definition) is 1. The van der Waals surface area contributed by atoms with Crippen molar-refractivity contribution in [3.05, 3.63) is 27.7 Å². The number of β-lactam (4-membered cyclic amide) rings is 1. The van der Waals surface area contributed by atoms with Crippen LogP contribution in [0.25, 0.3) is 0 Å². The minimum Gasteiger partial charge on any atom is -0.543 e. The van der Waals surface area contributed by atoms with E-state index in [0.717, 1.165) is 11.9 Å². The molecular formula is C14H11ClF3N4O4S-. The molecule has 0 bridgehead atoms. The Labute approximate surface area is 159 Å². The smallest absolute Gasteiger partial charge is 0.434 e. The van der Waals surface area contributed by atoms with Crippen LogP contribution in [-0.4, -0.2) is 49.6 Å². The third kappa shape index (κ3) is 3.06. The number of aryl methyl sites for hydroxylation is 1. The molecule has 1 saturated heterocycles. The van der Waals surface area contributed by atoms with E-state index in [0.29, 0.717) is 16.0 Å². The Morgan fingerprint density at radius 1 is 1.41 bits per heavy atom. The van der Waals surface area contributed by atoms with E-state index >= 15 is 0 Å². The molecule has 27 heavy (non-hydrogen) atoms. The SMILES string of the molecule is CC1=C(C(=O)[O-])N2C(=O)C(NC(=O)c3nn(C)c(C(F)(F)F)c3Cl)C2SC1. The summed E-state index contributed by atoms with van der Waals surface area (Å²) in [6.07, 6.45) is -4.81. The summed E-state index contributed by atoms with van der Waals surface area (Å²) in [6, 6.07) is -1.11. The Balaban J connectivity index is 1.82. The molecule has 1 aromatic rings. The number of thioether (sulfide) groups is 1. The second kappa shape index (κ2) is 6.44. The fourth-order valence-electron chi connectivity index (χ4n) is 2.92. The maximum atomic E-state index is 13.0. The van der Waals surface area contributed by atoms with Crippen molar-refractivity contribution in [3.8, 4) is 0 Å². The molecule has 0 saturated carbocycles. The van der Waals surface area contributed by atoms with Crippen LogP contribution in [0.4, 0.5) is 13.2 Å². The van der Waals surface area contributed by atoms with Crippen molar-refractivity contribution in [1.82, 2.24) is 20.0 Å². The lowest BCUT2D eigenvalue weighted by Crippen LogP contribution is -2.71. The van der Waals surface area contributed by atoms with Crippen molar-refractivity contribution in [2.24, 2.45) is 7.05 Å². The highest BCUT2D eigenvalue weighted by atomic mass is 35.5. The molecule has 2 atom stereocenters. The molecule has 2 unspecified atom stereocenters. The standard InChI is InChI=1S/C14H12ClF3N4O4S/c1-4-3-27-12-7(11(24)22(12)8(4)13(25)26)19-10(23)6-5(15)9(14(16,17)18)21(2)20-6/h7,12H,3H2,1-2H3,(H,19,23)(H,25,26)/p-1. The summed E-state index contributed by atoms with van der Waals surface area (Å²) in [5.74, 6) is -2.99. The third-order valence-electron chi connectivity index (χ3n) is 4.11. The van der Waals surface area contributed by atoms with Gasteiger partial charge in [0.2, 0.25) is 0 Å². The van der Waals surface area contributed by atoms with Gasteiger partial charge in [-0.05, 0) is 12.5 Å². The van der Waals surface area contributed by atoms with Crippen molar-refractivity contribution in [3.63, 3.8) is 0 Å². The fraction of sp³-hybridized carbons (Fsp3) is 0.429. The van der Waals surface area contributed by atoms with Crippen molar-refractivity contribution < 1.29 is 32.7 Å². The maximum absolute atomic E-state index is 13.0. The summed E-state index contributed by atoms with van der Waals surface area (Å²) in [7, 11) is 0.985. The summed E-state index contributed by atoms with van der Waals surface area (Å²) in [4.78, 5) is 36.8. The number of aromatic nitrogens is 2. The monoisotopic (exact) mass is 423 g/mol. The Bertz CT molecular complexity index is 898. The highest BCUT2D eigenvalue weighted by molar-refractivity contribution is 8.00. The second-order valence-corrected chi connectivity index (χ2v) is 7.39. The quantitative estimate of drug-likeness (QED) is 0.692. The van der Waals surface area contributed by atoms with Crippen LogP contribution >= 0.6 is 23.4 Å². The van der Waals surface area contributed by atoms with E-state index in [1.165, 1.54) is 11.8 Å². The lowest BCUT2D eigenvalue weighted by atomic mass is 10.0. The highest BCUT2D eigenvalue weighted by Crippen LogP contribution is 2.40. The van der Waals surface area contributed by atoms with Gasteiger partial charge in [0, 0.05) is 12.8 Å². The first-order valence-electron chi connectivity index (χ1n) is 7.41. The number of alkyl halides is 3. The Morgan fingerprint density at radius 3 is 2.56 bits per heavy atom. The van der Waals surface area contributed by atoms with Crippen LogP contribution in [0.1, 0.15) is 23.1 Å². The zero-order valence-electron chi connectivity index (χ0n) is 13.8. The molecule has 0 radical (unpaired) electrons. The molecule has 0 aliphatic carbocycles. The van der Waals surface area contributed by atoms with Gasteiger partial charge in [-0.15, -0.1) is 11.8 Å². The van der Waals surface area contributed by atoms with E-state index in [2.05, 4.69) is 10.4 Å². The van der Waals surface area contributed by atoms with E-state index in [4.69, 9.17) is 11.6 Å². The predicted molar refractivity (Wildman–Crippen MR) is 85.3 cm³/mol. The van der Waals surface area contributed by atoms with Crippen LogP contribution in [0.2, 0.25) is 5.02 Å². The van der Waals surface area contributed by atoms with Crippen LogP contribution in [0.15, 0.2) is 11.3 Å². The lowest BCUT2D eigenvalue weighted by molar-refractivity contribution is -0.301. The average molecular weight is 424 g/mol. The number of nitrogens with zero attached hydrogens (tertiary/aromatic N) is 3. The number of rotatable bonds is 3. The molecule has 1 fully saturated rings. The fourth-order valence-corrected chi connectivity index (χ4v) is 4.57. The lowest BCUT2D eigenvalue weighted by Gasteiger charge is -2.50. The van der Waals surface area contributed by atoms with E-state index in [9.17, 15) is 32.7 Å². The number of carboxylic acids is 1. The number of nitrogens with one attached hydrogen (secondary N) is 1. The molecular weight excluding hydrogens is 413 g/mol. The molecule has 2 aliphatic heterocycles. The van der Waals surface area contributed by atoms with Crippen molar-refractivity contribution in [2.45, 2.75) is 24.5 Å². The normalized spacial score (nSPS) is 22.4. The second-order valence-electron chi connectivity index (χ2n) is 5.91. The number of carbonyl (C=O) groups is 3. The molecule has 146 valence electrons. The summed E-state index contributed by atoms with van der Waals surface area (Å²) >= 11 is 6.86. The van der Waals surface area contributed by atoms with Gasteiger partial charge in [0.15, 0.2) is 11.4 Å². The van der Waals surface area contributed by atoms with Crippen LogP contribution in [-0.2, 0) is 22.8 Å². The van der Waals surface area contributed by atoms with Gasteiger partial charge in [0.1, 0.15) is 16.4 Å². The van der Waals surface area contributed by atoms with Gasteiger partial charge in [-0.2, -0.15) is 18.3 Å². The summed E-state index contributed by atoms with van der Waals surface area (Å²) in [5, 5.41) is 15.4. The molecule has 1 aromatic heterocycles. The van der Waals surface area contributed by atoms with Crippen LogP contribution in [0.5, 0.6) is 0 Å². The zero-order valence-corrected chi connectivity index (χ0v) is 15.3. The van der Waals surface area contributed by atoms with Crippen molar-refractivity contribution in [2.75, 3.05) is 5.75 Å². The van der Waals surface area contributed by atoms with E-state index in [1.807, 2.05) is 0 Å². The highest BCUT2D eigenvalue weighted by Gasteiger charge is 2.53. The van der Waals surface area contributed by atoms with Gasteiger partial charge in [0.05, 0.1) is 11.7 Å². The van der Waals surface area contributed by atoms with Gasteiger partial charge in [0.25, 0.3) is 11.8 Å². The molecule has 2 aliphatic rings. The van der Waals surface area contributed by atoms with E-state index < -0.39 is 51.8 Å². The molecule has 3 heterocycles. The molecule has 2 amide bonds. The number of halogens is 4. The van der Waals surface area contributed by atoms with Crippen molar-refractivity contribution in [1.29, 1.82) is 0 Å². The minimum absolute atomic E-state index is 0.260. The first kappa shape index (κ1) is 19.5. The number of hydrogen-bond acceptors (Lipinski definition) is 6. The predicted octanol–water partition coefficient (Wildman–Crippen LogP) is 0.130. The summed E-state index contributed by atoms with van der Waals surface area (Å²) < 4.78 is 39.3. The number of carboxylic acid groups (broad SMARTS) is 1. The Kier molecular flexibility index (Phi) is 4.67. The number of fused-ring (bicyclic) bond motifs is 1. The first-order chi connectivity index (χ1) is 12.4. The molecule has 3 rings (SSSR count). The van der Waals surface area contributed by atoms with Crippen molar-refractivity contribution >= 4 is 41.1 Å². The van der Waals surface area contributed by atoms with Gasteiger partial charge in [-0.25, -0.2) is 0 Å². The zero-order chi connectivity index (χ0) is 20.3. The minimum atomic E-state index is -4.81. The Hall–Kier alpha value is -2.21. The maximum Gasteiger partial charge on any atom is 0.434 e. The number of aliphatic carboxylic acids is 1. The summed E-state index contributed by atoms with van der Waals surface area (Å²) in [5.41, 5.74) is -1.78. The Morgan fingerprint density at radius 2 is 2.04 bits per heavy atom. The van der Waals surface area contributed by atoms with Crippen LogP contribution < -0.4 is 10.4 Å². The topological polar surface area (TPSA) is 107 Å². The molecule has 1 N–H and O–H groups in total. The number of carbonyl (C=O) groups excluding carboxylic acids is 3. The average Bonchev–Trinajstić information content (AvgIpc) is 2.86.